The molecule has 0 bridgehead atoms. The van der Waals surface area contributed by atoms with Gasteiger partial charge in [0.15, 0.2) is 0 Å². The molecule has 2 aromatic carbocycles. The maximum Gasteiger partial charge on any atom is 0.407 e. The fourth-order valence-corrected chi connectivity index (χ4v) is 4.77. The van der Waals surface area contributed by atoms with E-state index in [1.807, 2.05) is 48.5 Å². The number of carbonyl (C=O) groups is 3. The maximum absolute atomic E-state index is 13.6. The Morgan fingerprint density at radius 3 is 2.17 bits per heavy atom. The minimum absolute atomic E-state index is 0.0206. The number of carbonyl (C=O) groups excluding carboxylic acids is 2. The van der Waals surface area contributed by atoms with Gasteiger partial charge in [-0.2, -0.15) is 0 Å². The van der Waals surface area contributed by atoms with Crippen molar-refractivity contribution in [1.29, 1.82) is 0 Å². The molecule has 1 saturated heterocycles. The third kappa shape index (κ3) is 5.12. The van der Waals surface area contributed by atoms with Gasteiger partial charge in [-0.3, -0.25) is 9.59 Å². The third-order valence-corrected chi connectivity index (χ3v) is 6.58. The highest BCUT2D eigenvalue weighted by Crippen LogP contribution is 2.44. The molecule has 3 unspecified atom stereocenters. The Labute approximate surface area is 200 Å². The lowest BCUT2D eigenvalue weighted by Crippen LogP contribution is -2.44. The maximum atomic E-state index is 13.6. The number of fused-ring (bicyclic) bond motifs is 3. The van der Waals surface area contributed by atoms with Crippen molar-refractivity contribution in [3.05, 3.63) is 59.7 Å². The van der Waals surface area contributed by atoms with Crippen molar-refractivity contribution in [2.45, 2.75) is 30.9 Å². The van der Waals surface area contributed by atoms with E-state index in [2.05, 4.69) is 5.32 Å². The highest BCUT2D eigenvalue weighted by atomic mass is 19.3. The van der Waals surface area contributed by atoms with Crippen molar-refractivity contribution in [2.24, 2.45) is 5.92 Å². The fraction of sp³-hybridized carbons (Fsp3) is 0.400. The number of methoxy groups -OCH3 is 1. The molecule has 1 heterocycles. The van der Waals surface area contributed by atoms with Gasteiger partial charge < -0.3 is 24.8 Å². The van der Waals surface area contributed by atoms with Crippen molar-refractivity contribution in [2.75, 3.05) is 26.8 Å². The number of aliphatic carboxylic acids is 1. The fourth-order valence-electron chi connectivity index (χ4n) is 4.77. The Bertz CT molecular complexity index is 1070. The molecule has 186 valence electrons. The van der Waals surface area contributed by atoms with Crippen molar-refractivity contribution in [1.82, 2.24) is 10.2 Å². The Morgan fingerprint density at radius 2 is 1.66 bits per heavy atom. The minimum atomic E-state index is -3.02. The molecule has 0 saturated carbocycles. The minimum Gasteiger partial charge on any atom is -0.481 e. The standard InChI is InChI=1S/C25H26F2N2O6/c1-34-21-12-29(11-18(21)24(31)32)22(30)10-20(23(26)27)28-25(33)35-13-19-16-8-4-2-6-14(16)15-7-3-5-9-17(15)19/h2-9,18-21,23H,10-13H2,1H3,(H,28,33)(H,31,32). The molecule has 1 aliphatic heterocycles. The second-order valence-corrected chi connectivity index (χ2v) is 8.63. The van der Waals surface area contributed by atoms with Gasteiger partial charge in [0.1, 0.15) is 18.6 Å². The number of alkyl carbamates (subject to hydrolysis) is 1. The molecule has 2 amide bonds. The predicted octanol–water partition coefficient (Wildman–Crippen LogP) is 3.11. The summed E-state index contributed by atoms with van der Waals surface area (Å²) in [6.45, 7) is -0.216. The molecule has 0 spiro atoms. The van der Waals surface area contributed by atoms with Crippen molar-refractivity contribution in [3.63, 3.8) is 0 Å². The van der Waals surface area contributed by atoms with Crippen LogP contribution in [0.4, 0.5) is 13.6 Å². The third-order valence-electron chi connectivity index (χ3n) is 6.58. The number of hydrogen-bond donors (Lipinski definition) is 2. The van der Waals surface area contributed by atoms with E-state index in [0.29, 0.717) is 0 Å². The number of nitrogens with zero attached hydrogens (tertiary/aromatic N) is 1. The van der Waals surface area contributed by atoms with E-state index in [0.717, 1.165) is 22.3 Å². The Hall–Kier alpha value is -3.53. The molecule has 2 aliphatic rings. The van der Waals surface area contributed by atoms with Crippen LogP contribution < -0.4 is 5.32 Å². The zero-order chi connectivity index (χ0) is 25.1. The number of ether oxygens (including phenoxy) is 2. The average molecular weight is 488 g/mol. The molecule has 0 radical (unpaired) electrons. The largest absolute Gasteiger partial charge is 0.481 e. The first kappa shape index (κ1) is 24.6. The second-order valence-electron chi connectivity index (χ2n) is 8.63. The van der Waals surface area contributed by atoms with Gasteiger partial charge in [-0.25, -0.2) is 13.6 Å². The zero-order valence-corrected chi connectivity index (χ0v) is 19.0. The molecule has 10 heteroatoms. The molecule has 35 heavy (non-hydrogen) atoms. The zero-order valence-electron chi connectivity index (χ0n) is 19.0. The van der Waals surface area contributed by atoms with Gasteiger partial charge in [0.2, 0.25) is 5.91 Å². The van der Waals surface area contributed by atoms with Gasteiger partial charge in [0.25, 0.3) is 6.43 Å². The number of hydrogen-bond acceptors (Lipinski definition) is 5. The van der Waals surface area contributed by atoms with Crippen LogP contribution in [0.1, 0.15) is 23.5 Å². The van der Waals surface area contributed by atoms with Gasteiger partial charge >= 0.3 is 12.1 Å². The Morgan fingerprint density at radius 1 is 1.06 bits per heavy atom. The summed E-state index contributed by atoms with van der Waals surface area (Å²) >= 11 is 0. The number of amides is 2. The molecular formula is C25H26F2N2O6. The van der Waals surface area contributed by atoms with E-state index in [-0.39, 0.29) is 25.6 Å². The summed E-state index contributed by atoms with van der Waals surface area (Å²) in [5, 5.41) is 11.4. The van der Waals surface area contributed by atoms with E-state index < -0.39 is 48.9 Å². The first-order chi connectivity index (χ1) is 16.8. The average Bonchev–Trinajstić information content (AvgIpc) is 3.42. The van der Waals surface area contributed by atoms with Crippen LogP contribution in [0.15, 0.2) is 48.5 Å². The van der Waals surface area contributed by atoms with Gasteiger partial charge in [0.05, 0.1) is 12.5 Å². The first-order valence-electron chi connectivity index (χ1n) is 11.2. The summed E-state index contributed by atoms with van der Waals surface area (Å²) < 4.78 is 37.7. The normalized spacial score (nSPS) is 19.8. The Balaban J connectivity index is 1.36. The summed E-state index contributed by atoms with van der Waals surface area (Å²) in [6.07, 6.45) is -5.48. The molecule has 1 fully saturated rings. The molecule has 8 nitrogen and oxygen atoms in total. The van der Waals surface area contributed by atoms with E-state index in [4.69, 9.17) is 9.47 Å². The molecule has 2 aromatic rings. The van der Waals surface area contributed by atoms with Crippen LogP contribution in [0.25, 0.3) is 11.1 Å². The first-order valence-corrected chi connectivity index (χ1v) is 11.2. The molecular weight excluding hydrogens is 462 g/mol. The Kier molecular flexibility index (Phi) is 7.30. The van der Waals surface area contributed by atoms with E-state index in [9.17, 15) is 28.3 Å². The molecule has 3 atom stereocenters. The van der Waals surface area contributed by atoms with Crippen LogP contribution >= 0.6 is 0 Å². The summed E-state index contributed by atoms with van der Waals surface area (Å²) in [6, 6.07) is 13.7. The van der Waals surface area contributed by atoms with Crippen molar-refractivity contribution in [3.8, 4) is 11.1 Å². The summed E-state index contributed by atoms with van der Waals surface area (Å²) in [5.74, 6) is -3.00. The summed E-state index contributed by atoms with van der Waals surface area (Å²) in [4.78, 5) is 37.5. The molecule has 4 rings (SSSR count). The number of rotatable bonds is 8. The van der Waals surface area contributed by atoms with Crippen LogP contribution in [-0.2, 0) is 19.1 Å². The number of likely N-dealkylation sites (tertiary alicyclic amines) is 1. The van der Waals surface area contributed by atoms with Gasteiger partial charge in [-0.15, -0.1) is 0 Å². The SMILES string of the molecule is COC1CN(C(=O)CC(NC(=O)OCC2c3ccccc3-c3ccccc32)C(F)F)CC1C(=O)O. The molecule has 0 aromatic heterocycles. The van der Waals surface area contributed by atoms with Crippen LogP contribution in [0, 0.1) is 5.92 Å². The quantitative estimate of drug-likeness (QED) is 0.592. The van der Waals surface area contributed by atoms with E-state index in [1.54, 1.807) is 0 Å². The number of halogens is 2. The summed E-state index contributed by atoms with van der Waals surface area (Å²) in [5.41, 5.74) is 4.04. The van der Waals surface area contributed by atoms with Gasteiger partial charge in [-0.1, -0.05) is 48.5 Å². The lowest BCUT2D eigenvalue weighted by Gasteiger charge is -2.22. The van der Waals surface area contributed by atoms with Crippen LogP contribution in [0.2, 0.25) is 0 Å². The predicted molar refractivity (Wildman–Crippen MR) is 121 cm³/mol. The number of carboxylic acids is 1. The van der Waals surface area contributed by atoms with Crippen LogP contribution in [-0.4, -0.2) is 73.4 Å². The monoisotopic (exact) mass is 488 g/mol. The van der Waals surface area contributed by atoms with Crippen molar-refractivity contribution < 1.29 is 37.7 Å². The second kappa shape index (κ2) is 10.4. The number of carboxylic acid groups (broad SMARTS) is 1. The van der Waals surface area contributed by atoms with Gasteiger partial charge in [0, 0.05) is 26.1 Å². The molecule has 1 aliphatic carbocycles. The summed E-state index contributed by atoms with van der Waals surface area (Å²) in [7, 11) is 1.33. The molecule has 2 N–H and O–H groups in total. The van der Waals surface area contributed by atoms with Gasteiger partial charge in [-0.05, 0) is 22.3 Å². The number of nitrogens with one attached hydrogen (secondary N) is 1. The van der Waals surface area contributed by atoms with E-state index >= 15 is 0 Å². The van der Waals surface area contributed by atoms with Crippen molar-refractivity contribution >= 4 is 18.0 Å². The number of alkyl halides is 2. The van der Waals surface area contributed by atoms with Crippen LogP contribution in [0.5, 0.6) is 0 Å². The highest BCUT2D eigenvalue weighted by molar-refractivity contribution is 5.81. The topological polar surface area (TPSA) is 105 Å². The van der Waals surface area contributed by atoms with Crippen LogP contribution in [0.3, 0.4) is 0 Å². The number of benzene rings is 2. The lowest BCUT2D eigenvalue weighted by molar-refractivity contribution is -0.144. The smallest absolute Gasteiger partial charge is 0.407 e. The lowest BCUT2D eigenvalue weighted by atomic mass is 9.98. The highest BCUT2D eigenvalue weighted by Gasteiger charge is 2.41. The van der Waals surface area contributed by atoms with E-state index in [1.165, 1.54) is 12.0 Å².